The minimum Gasteiger partial charge on any atom is -0.497 e. The van der Waals surface area contributed by atoms with Crippen LogP contribution < -0.4 is 14.4 Å². The van der Waals surface area contributed by atoms with E-state index in [-0.39, 0.29) is 5.91 Å². The van der Waals surface area contributed by atoms with Crippen molar-refractivity contribution in [2.75, 3.05) is 38.2 Å². The van der Waals surface area contributed by atoms with Crippen molar-refractivity contribution in [1.82, 2.24) is 15.1 Å². The fourth-order valence-electron chi connectivity index (χ4n) is 4.41. The third-order valence-corrected chi connectivity index (χ3v) is 6.35. The van der Waals surface area contributed by atoms with Gasteiger partial charge in [-0.05, 0) is 54.1 Å². The molecule has 7 nitrogen and oxygen atoms in total. The SMILES string of the molecule is COc1ccc(OC(C)C(=O)N2CCN(c3ccc(-c4cccc5ccccc45)nn3)CC2)cc1. The standard InChI is InChI=1S/C28H28N4O3/c1-20(35-23-12-10-22(34-2)11-13-23)28(33)32-18-16-31(17-19-32)27-15-14-26(29-30-27)25-9-5-7-21-6-3-4-8-24(21)25/h3-15,20H,16-19H2,1-2H3. The Labute approximate surface area is 204 Å². The monoisotopic (exact) mass is 468 g/mol. The van der Waals surface area contributed by atoms with Gasteiger partial charge >= 0.3 is 0 Å². The molecule has 0 aliphatic carbocycles. The Morgan fingerprint density at radius 2 is 1.54 bits per heavy atom. The van der Waals surface area contributed by atoms with Crippen molar-refractivity contribution >= 4 is 22.5 Å². The van der Waals surface area contributed by atoms with Gasteiger partial charge in [0.2, 0.25) is 0 Å². The highest BCUT2D eigenvalue weighted by molar-refractivity contribution is 5.95. The van der Waals surface area contributed by atoms with Crippen LogP contribution in [0.15, 0.2) is 78.9 Å². The molecule has 0 spiro atoms. The molecule has 1 aliphatic rings. The van der Waals surface area contributed by atoms with Crippen molar-refractivity contribution in [2.45, 2.75) is 13.0 Å². The smallest absolute Gasteiger partial charge is 0.263 e. The molecule has 1 fully saturated rings. The average Bonchev–Trinajstić information content (AvgIpc) is 2.93. The predicted octanol–water partition coefficient (Wildman–Crippen LogP) is 4.42. The van der Waals surface area contributed by atoms with Crippen LogP contribution >= 0.6 is 0 Å². The second-order valence-corrected chi connectivity index (χ2v) is 8.55. The summed E-state index contributed by atoms with van der Waals surface area (Å²) in [6, 6.07) is 25.8. The van der Waals surface area contributed by atoms with Gasteiger partial charge in [0.1, 0.15) is 11.5 Å². The van der Waals surface area contributed by atoms with E-state index in [1.165, 1.54) is 5.39 Å². The Kier molecular flexibility index (Phi) is 6.48. The van der Waals surface area contributed by atoms with E-state index >= 15 is 0 Å². The zero-order valence-corrected chi connectivity index (χ0v) is 19.9. The molecule has 7 heteroatoms. The second-order valence-electron chi connectivity index (χ2n) is 8.55. The van der Waals surface area contributed by atoms with Gasteiger partial charge in [-0.2, -0.15) is 0 Å². The average molecular weight is 469 g/mol. The number of piperazine rings is 1. The lowest BCUT2D eigenvalue weighted by Crippen LogP contribution is -2.52. The molecule has 2 heterocycles. The molecule has 1 atom stereocenters. The molecular formula is C28H28N4O3. The van der Waals surface area contributed by atoms with Crippen molar-refractivity contribution in [2.24, 2.45) is 0 Å². The number of amides is 1. The lowest BCUT2D eigenvalue weighted by atomic mass is 10.0. The summed E-state index contributed by atoms with van der Waals surface area (Å²) in [4.78, 5) is 16.9. The van der Waals surface area contributed by atoms with E-state index in [4.69, 9.17) is 9.47 Å². The first-order valence-electron chi connectivity index (χ1n) is 11.8. The number of aromatic nitrogens is 2. The molecule has 178 valence electrons. The molecule has 35 heavy (non-hydrogen) atoms. The molecule has 3 aromatic carbocycles. The molecule has 1 amide bonds. The van der Waals surface area contributed by atoms with Gasteiger partial charge in [-0.3, -0.25) is 4.79 Å². The summed E-state index contributed by atoms with van der Waals surface area (Å²) in [6.07, 6.45) is -0.560. The maximum atomic E-state index is 12.9. The van der Waals surface area contributed by atoms with E-state index in [9.17, 15) is 4.79 Å². The minimum atomic E-state index is -0.560. The molecule has 1 aliphatic heterocycles. The summed E-state index contributed by atoms with van der Waals surface area (Å²) >= 11 is 0. The van der Waals surface area contributed by atoms with E-state index in [0.29, 0.717) is 31.9 Å². The third kappa shape index (κ3) is 4.89. The zero-order chi connectivity index (χ0) is 24.2. The van der Waals surface area contributed by atoms with E-state index < -0.39 is 6.10 Å². The maximum absolute atomic E-state index is 12.9. The van der Waals surface area contributed by atoms with Crippen LogP contribution in [0.3, 0.4) is 0 Å². The molecular weight excluding hydrogens is 440 g/mol. The van der Waals surface area contributed by atoms with Crippen LogP contribution in [0.2, 0.25) is 0 Å². The number of rotatable bonds is 6. The zero-order valence-electron chi connectivity index (χ0n) is 19.9. The maximum Gasteiger partial charge on any atom is 0.263 e. The summed E-state index contributed by atoms with van der Waals surface area (Å²) in [6.45, 7) is 4.41. The van der Waals surface area contributed by atoms with E-state index in [2.05, 4.69) is 39.4 Å². The fraction of sp³-hybridized carbons (Fsp3) is 0.250. The highest BCUT2D eigenvalue weighted by atomic mass is 16.5. The van der Waals surface area contributed by atoms with Gasteiger partial charge in [0, 0.05) is 31.7 Å². The van der Waals surface area contributed by atoms with Crippen LogP contribution in [0.1, 0.15) is 6.92 Å². The normalized spacial score (nSPS) is 14.6. The van der Waals surface area contributed by atoms with Gasteiger partial charge in [-0.25, -0.2) is 0 Å². The van der Waals surface area contributed by atoms with Gasteiger partial charge in [0.25, 0.3) is 5.91 Å². The molecule has 5 rings (SSSR count). The molecule has 1 saturated heterocycles. The second kappa shape index (κ2) is 10.0. The van der Waals surface area contributed by atoms with Gasteiger partial charge in [0.05, 0.1) is 12.8 Å². The Hall–Kier alpha value is -4.13. The number of hydrogen-bond donors (Lipinski definition) is 0. The van der Waals surface area contributed by atoms with Crippen molar-refractivity contribution in [3.8, 4) is 22.8 Å². The Bertz CT molecular complexity index is 1290. The molecule has 1 aromatic heterocycles. The van der Waals surface area contributed by atoms with Gasteiger partial charge in [0.15, 0.2) is 11.9 Å². The number of benzene rings is 3. The largest absolute Gasteiger partial charge is 0.497 e. The molecule has 0 radical (unpaired) electrons. The van der Waals surface area contributed by atoms with Crippen molar-refractivity contribution < 1.29 is 14.3 Å². The third-order valence-electron chi connectivity index (χ3n) is 6.35. The number of carbonyl (C=O) groups is 1. The van der Waals surface area contributed by atoms with Gasteiger partial charge < -0.3 is 19.3 Å². The van der Waals surface area contributed by atoms with Crippen LogP contribution in [0.4, 0.5) is 5.82 Å². The summed E-state index contributed by atoms with van der Waals surface area (Å²) in [5.41, 5.74) is 1.92. The number of ether oxygens (including phenoxy) is 2. The van der Waals surface area contributed by atoms with Crippen LogP contribution in [0.25, 0.3) is 22.0 Å². The minimum absolute atomic E-state index is 0.0159. The number of nitrogens with zero attached hydrogens (tertiary/aromatic N) is 4. The van der Waals surface area contributed by atoms with E-state index in [1.54, 1.807) is 26.2 Å². The molecule has 0 saturated carbocycles. The first kappa shape index (κ1) is 22.7. The van der Waals surface area contributed by atoms with Crippen molar-refractivity contribution in [3.05, 3.63) is 78.9 Å². The number of carbonyl (C=O) groups excluding carboxylic acids is 1. The van der Waals surface area contributed by atoms with E-state index in [1.807, 2.05) is 47.4 Å². The van der Waals surface area contributed by atoms with Crippen LogP contribution in [0, 0.1) is 0 Å². The predicted molar refractivity (Wildman–Crippen MR) is 137 cm³/mol. The molecule has 1 unspecified atom stereocenters. The first-order chi connectivity index (χ1) is 17.1. The van der Waals surface area contributed by atoms with Crippen LogP contribution in [-0.2, 0) is 4.79 Å². The van der Waals surface area contributed by atoms with E-state index in [0.717, 1.165) is 28.2 Å². The number of hydrogen-bond acceptors (Lipinski definition) is 6. The summed E-state index contributed by atoms with van der Waals surface area (Å²) in [7, 11) is 1.62. The Balaban J connectivity index is 1.19. The molecule has 0 N–H and O–H groups in total. The first-order valence-corrected chi connectivity index (χ1v) is 11.8. The van der Waals surface area contributed by atoms with Gasteiger partial charge in [-0.1, -0.05) is 42.5 Å². The lowest BCUT2D eigenvalue weighted by Gasteiger charge is -2.36. The van der Waals surface area contributed by atoms with Crippen molar-refractivity contribution in [1.29, 1.82) is 0 Å². The molecule has 0 bridgehead atoms. The number of fused-ring (bicyclic) bond motifs is 1. The summed E-state index contributed by atoms with van der Waals surface area (Å²) < 4.78 is 11.0. The quantitative estimate of drug-likeness (QED) is 0.417. The Morgan fingerprint density at radius 3 is 2.26 bits per heavy atom. The summed E-state index contributed by atoms with van der Waals surface area (Å²) in [5, 5.41) is 11.4. The highest BCUT2D eigenvalue weighted by Gasteiger charge is 2.26. The summed E-state index contributed by atoms with van der Waals surface area (Å²) in [5.74, 6) is 2.20. The Morgan fingerprint density at radius 1 is 0.829 bits per heavy atom. The highest BCUT2D eigenvalue weighted by Crippen LogP contribution is 2.27. The fourth-order valence-corrected chi connectivity index (χ4v) is 4.41. The van der Waals surface area contributed by atoms with Crippen LogP contribution in [-0.4, -0.2) is 60.4 Å². The molecule has 4 aromatic rings. The van der Waals surface area contributed by atoms with Gasteiger partial charge in [-0.15, -0.1) is 10.2 Å². The lowest BCUT2D eigenvalue weighted by molar-refractivity contribution is -0.138. The van der Waals surface area contributed by atoms with Crippen LogP contribution in [0.5, 0.6) is 11.5 Å². The topological polar surface area (TPSA) is 67.8 Å². The number of methoxy groups -OCH3 is 1. The number of anilines is 1. The van der Waals surface area contributed by atoms with Crippen molar-refractivity contribution in [3.63, 3.8) is 0 Å².